The highest BCUT2D eigenvalue weighted by molar-refractivity contribution is 5.93. The number of aromatic carboxylic acids is 1. The highest BCUT2D eigenvalue weighted by Gasteiger charge is 2.13. The van der Waals surface area contributed by atoms with E-state index >= 15 is 0 Å². The molecular weight excluding hydrogens is 240 g/mol. The topological polar surface area (TPSA) is 86.0 Å². The minimum absolute atomic E-state index is 0.0146. The summed E-state index contributed by atoms with van der Waals surface area (Å²) in [6, 6.07) is 6.12. The predicted octanol–water partition coefficient (Wildman–Crippen LogP) is 1.47. The minimum atomic E-state index is -1.29. The monoisotopic (exact) mass is 250 g/mol. The van der Waals surface area contributed by atoms with Crippen molar-refractivity contribution in [3.05, 3.63) is 40.4 Å². The summed E-state index contributed by atoms with van der Waals surface area (Å²) in [5, 5.41) is 9.43. The molecule has 1 aromatic carbocycles. The van der Waals surface area contributed by atoms with Crippen LogP contribution >= 0.6 is 0 Å². The Morgan fingerprint density at radius 3 is 2.89 bits per heavy atom. The van der Waals surface area contributed by atoms with Gasteiger partial charge in [-0.1, -0.05) is 12.1 Å². The van der Waals surface area contributed by atoms with Crippen LogP contribution in [0.3, 0.4) is 0 Å². The lowest BCUT2D eigenvalue weighted by Gasteiger charge is -2.07. The van der Waals surface area contributed by atoms with Crippen LogP contribution in [-0.4, -0.2) is 25.0 Å². The average Bonchev–Trinajstić information content (AvgIpc) is 2.35. The zero-order chi connectivity index (χ0) is 13.1. The molecule has 0 aliphatic heterocycles. The lowest BCUT2D eigenvalue weighted by molar-refractivity contribution is 0.0520. The van der Waals surface area contributed by atoms with Crippen molar-refractivity contribution in [3.63, 3.8) is 0 Å². The van der Waals surface area contributed by atoms with E-state index < -0.39 is 17.4 Å². The van der Waals surface area contributed by atoms with Gasteiger partial charge in [-0.3, -0.25) is 0 Å². The summed E-state index contributed by atoms with van der Waals surface area (Å²) >= 11 is 0. The van der Waals surface area contributed by atoms with Gasteiger partial charge in [0.15, 0.2) is 6.79 Å². The van der Waals surface area contributed by atoms with E-state index in [0.29, 0.717) is 11.1 Å². The van der Waals surface area contributed by atoms with Gasteiger partial charge in [0.05, 0.1) is 0 Å². The highest BCUT2D eigenvalue weighted by atomic mass is 16.7. The molecule has 0 unspecified atom stereocenters. The molecule has 1 N–H and O–H groups in total. The molecule has 2 aromatic rings. The zero-order valence-corrected chi connectivity index (χ0v) is 9.50. The van der Waals surface area contributed by atoms with E-state index in [2.05, 4.69) is 0 Å². The van der Waals surface area contributed by atoms with E-state index in [1.807, 2.05) is 0 Å². The van der Waals surface area contributed by atoms with Gasteiger partial charge in [-0.2, -0.15) is 0 Å². The van der Waals surface area contributed by atoms with Crippen molar-refractivity contribution in [2.45, 2.75) is 0 Å². The summed E-state index contributed by atoms with van der Waals surface area (Å²) in [6.07, 6.45) is 0. The smallest absolute Gasteiger partial charge is 0.371 e. The second-order valence-electron chi connectivity index (χ2n) is 3.47. The maximum absolute atomic E-state index is 11.7. The third kappa shape index (κ3) is 2.18. The molecule has 0 radical (unpaired) electrons. The van der Waals surface area contributed by atoms with Crippen LogP contribution in [0.1, 0.15) is 10.6 Å². The first-order valence-electron chi connectivity index (χ1n) is 5.05. The number of rotatable bonds is 4. The van der Waals surface area contributed by atoms with Gasteiger partial charge in [0.2, 0.25) is 5.76 Å². The number of ether oxygens (including phenoxy) is 2. The number of carboxylic acids is 1. The van der Waals surface area contributed by atoms with Gasteiger partial charge in [0, 0.05) is 7.11 Å². The van der Waals surface area contributed by atoms with Crippen molar-refractivity contribution < 1.29 is 23.8 Å². The molecule has 0 saturated carbocycles. The van der Waals surface area contributed by atoms with E-state index in [1.54, 1.807) is 18.2 Å². The largest absolute Gasteiger partial charge is 0.475 e. The standard InChI is InChI=1S/C12H10O6/c1-16-6-17-8-4-2-3-7-5-9(11(13)14)18-12(15)10(7)8/h2-5H,6H2,1H3,(H,13,14). The molecule has 0 bridgehead atoms. The van der Waals surface area contributed by atoms with Crippen LogP contribution in [0.2, 0.25) is 0 Å². The second kappa shape index (κ2) is 4.89. The Bertz CT molecular complexity index is 643. The molecule has 0 saturated heterocycles. The molecule has 2 rings (SSSR count). The number of carbonyl (C=O) groups is 1. The van der Waals surface area contributed by atoms with Crippen LogP contribution < -0.4 is 10.4 Å². The van der Waals surface area contributed by atoms with Crippen molar-refractivity contribution >= 4 is 16.7 Å². The van der Waals surface area contributed by atoms with E-state index in [1.165, 1.54) is 13.2 Å². The maximum atomic E-state index is 11.7. The SMILES string of the molecule is COCOc1cccc2cc(C(=O)O)oc(=O)c12. The van der Waals surface area contributed by atoms with Crippen molar-refractivity contribution in [3.8, 4) is 5.75 Å². The second-order valence-corrected chi connectivity index (χ2v) is 3.47. The number of benzene rings is 1. The van der Waals surface area contributed by atoms with Gasteiger partial charge in [-0.05, 0) is 17.5 Å². The van der Waals surface area contributed by atoms with Gasteiger partial charge in [0.1, 0.15) is 11.1 Å². The van der Waals surface area contributed by atoms with E-state index in [-0.39, 0.29) is 12.2 Å². The molecule has 1 aromatic heterocycles. The quantitative estimate of drug-likeness (QED) is 0.827. The fourth-order valence-corrected chi connectivity index (χ4v) is 1.56. The number of carboxylic acid groups (broad SMARTS) is 1. The summed E-state index contributed by atoms with van der Waals surface area (Å²) in [7, 11) is 1.45. The summed E-state index contributed by atoms with van der Waals surface area (Å²) in [4.78, 5) is 22.5. The molecule has 0 fully saturated rings. The summed E-state index contributed by atoms with van der Waals surface area (Å²) in [6.45, 7) is -0.0146. The van der Waals surface area contributed by atoms with E-state index in [4.69, 9.17) is 19.0 Å². The van der Waals surface area contributed by atoms with Gasteiger partial charge >= 0.3 is 11.6 Å². The lowest BCUT2D eigenvalue weighted by atomic mass is 10.1. The molecular formula is C12H10O6. The first kappa shape index (κ1) is 12.1. The third-order valence-corrected chi connectivity index (χ3v) is 2.29. The summed E-state index contributed by atoms with van der Waals surface area (Å²) in [5.41, 5.74) is -0.753. The normalized spacial score (nSPS) is 10.5. The Hall–Kier alpha value is -2.34. The Labute approximate surface area is 101 Å². The number of methoxy groups -OCH3 is 1. The summed E-state index contributed by atoms with van der Waals surface area (Å²) in [5.74, 6) is -1.41. The van der Waals surface area contributed by atoms with Crippen molar-refractivity contribution in [1.29, 1.82) is 0 Å². The number of hydrogen-bond acceptors (Lipinski definition) is 5. The third-order valence-electron chi connectivity index (χ3n) is 2.29. The molecule has 94 valence electrons. The average molecular weight is 250 g/mol. The van der Waals surface area contributed by atoms with E-state index in [9.17, 15) is 9.59 Å². The predicted molar refractivity (Wildman–Crippen MR) is 61.9 cm³/mol. The highest BCUT2D eigenvalue weighted by Crippen LogP contribution is 2.23. The summed E-state index contributed by atoms with van der Waals surface area (Å²) < 4.78 is 14.7. The van der Waals surface area contributed by atoms with Crippen molar-refractivity contribution in [1.82, 2.24) is 0 Å². The Balaban J connectivity index is 2.63. The Morgan fingerprint density at radius 2 is 2.22 bits per heavy atom. The fraction of sp³-hybridized carbons (Fsp3) is 0.167. The first-order chi connectivity index (χ1) is 8.63. The maximum Gasteiger partial charge on any atom is 0.371 e. The lowest BCUT2D eigenvalue weighted by Crippen LogP contribution is -2.09. The molecule has 1 heterocycles. The number of fused-ring (bicyclic) bond motifs is 1. The molecule has 18 heavy (non-hydrogen) atoms. The molecule has 0 spiro atoms. The molecule has 0 atom stereocenters. The Kier molecular flexibility index (Phi) is 3.29. The van der Waals surface area contributed by atoms with Crippen LogP contribution in [-0.2, 0) is 4.74 Å². The molecule has 0 amide bonds. The van der Waals surface area contributed by atoms with Crippen LogP contribution in [0.5, 0.6) is 5.75 Å². The first-order valence-corrected chi connectivity index (χ1v) is 5.05. The molecule has 6 nitrogen and oxygen atoms in total. The molecule has 0 aliphatic carbocycles. The fourth-order valence-electron chi connectivity index (χ4n) is 1.56. The van der Waals surface area contributed by atoms with Crippen LogP contribution in [0.15, 0.2) is 33.5 Å². The Morgan fingerprint density at radius 1 is 1.44 bits per heavy atom. The van der Waals surface area contributed by atoms with Gasteiger partial charge in [0.25, 0.3) is 0 Å². The van der Waals surface area contributed by atoms with Gasteiger partial charge in [-0.15, -0.1) is 0 Å². The van der Waals surface area contributed by atoms with E-state index in [0.717, 1.165) is 0 Å². The van der Waals surface area contributed by atoms with Crippen molar-refractivity contribution in [2.24, 2.45) is 0 Å². The van der Waals surface area contributed by atoms with Gasteiger partial charge in [-0.25, -0.2) is 9.59 Å². The van der Waals surface area contributed by atoms with Crippen LogP contribution in [0, 0.1) is 0 Å². The molecule has 0 aliphatic rings. The van der Waals surface area contributed by atoms with Crippen LogP contribution in [0.4, 0.5) is 0 Å². The molecule has 6 heteroatoms. The minimum Gasteiger partial charge on any atom is -0.475 e. The van der Waals surface area contributed by atoms with Gasteiger partial charge < -0.3 is 19.0 Å². The van der Waals surface area contributed by atoms with Crippen molar-refractivity contribution in [2.75, 3.05) is 13.9 Å². The zero-order valence-electron chi connectivity index (χ0n) is 9.50. The van der Waals surface area contributed by atoms with Crippen LogP contribution in [0.25, 0.3) is 10.8 Å². The number of hydrogen-bond donors (Lipinski definition) is 1.